The second-order valence-electron chi connectivity index (χ2n) is 4.86. The van der Waals surface area contributed by atoms with Crippen molar-refractivity contribution in [3.05, 3.63) is 5.82 Å². The highest BCUT2D eigenvalue weighted by Gasteiger charge is 2.21. The van der Waals surface area contributed by atoms with Gasteiger partial charge in [0.15, 0.2) is 0 Å². The third kappa shape index (κ3) is 3.50. The molecule has 7 heteroatoms. The van der Waals surface area contributed by atoms with Crippen LogP contribution < -0.4 is 0 Å². The lowest BCUT2D eigenvalue weighted by molar-refractivity contribution is 0.0503. The van der Waals surface area contributed by atoms with Gasteiger partial charge in [-0.05, 0) is 50.2 Å². The highest BCUT2D eigenvalue weighted by atomic mass is 16.5. The Morgan fingerprint density at radius 1 is 1.47 bits per heavy atom. The molecule has 0 aliphatic carbocycles. The van der Waals surface area contributed by atoms with Gasteiger partial charge < -0.3 is 9.64 Å². The first kappa shape index (κ1) is 13.9. The molecule has 1 aliphatic heterocycles. The smallest absolute Gasteiger partial charge is 0.378 e. The third-order valence-electron chi connectivity index (χ3n) is 3.59. The summed E-state index contributed by atoms with van der Waals surface area (Å²) in [6, 6.07) is 0.549. The lowest BCUT2D eigenvalue weighted by Crippen LogP contribution is -2.37. The summed E-state index contributed by atoms with van der Waals surface area (Å²) in [4.78, 5) is 14.0. The molecule has 1 fully saturated rings. The molecule has 0 bridgehead atoms. The molecule has 1 aromatic rings. The Balaban J connectivity index is 1.92. The van der Waals surface area contributed by atoms with Gasteiger partial charge in [-0.1, -0.05) is 6.42 Å². The molecule has 106 valence electrons. The molecule has 0 radical (unpaired) electrons. The van der Waals surface area contributed by atoms with Crippen LogP contribution in [0.4, 0.5) is 0 Å². The van der Waals surface area contributed by atoms with E-state index in [1.807, 2.05) is 0 Å². The van der Waals surface area contributed by atoms with Crippen molar-refractivity contribution >= 4 is 5.97 Å². The summed E-state index contributed by atoms with van der Waals surface area (Å²) < 4.78 is 6.47. The average molecular weight is 267 g/mol. The number of carbonyl (C=O) groups excluding carboxylic acids is 1. The quantitative estimate of drug-likeness (QED) is 0.732. The van der Waals surface area contributed by atoms with Gasteiger partial charge in [0, 0.05) is 12.6 Å². The van der Waals surface area contributed by atoms with Crippen LogP contribution in [0.25, 0.3) is 0 Å². The fourth-order valence-corrected chi connectivity index (χ4v) is 2.48. The van der Waals surface area contributed by atoms with E-state index in [-0.39, 0.29) is 5.82 Å². The number of rotatable bonds is 5. The molecule has 1 saturated heterocycles. The molecule has 0 N–H and O–H groups in total. The fraction of sp³-hybridized carbons (Fsp3) is 0.833. The van der Waals surface area contributed by atoms with Crippen LogP contribution in [0.1, 0.15) is 43.2 Å². The van der Waals surface area contributed by atoms with Crippen molar-refractivity contribution in [1.29, 1.82) is 0 Å². The van der Waals surface area contributed by atoms with Gasteiger partial charge in [0.05, 0.1) is 6.61 Å². The number of ether oxygens (including phenoxy) is 1. The van der Waals surface area contributed by atoms with Crippen molar-refractivity contribution in [3.63, 3.8) is 0 Å². The summed E-state index contributed by atoms with van der Waals surface area (Å²) in [6.07, 6.45) is 4.70. The largest absolute Gasteiger partial charge is 0.460 e. The Labute approximate surface area is 112 Å². The van der Waals surface area contributed by atoms with Gasteiger partial charge >= 0.3 is 5.97 Å². The molecular weight excluding hydrogens is 246 g/mol. The SMILES string of the molecule is CCOC(=O)c1nnnn1CCC1CCCCN1C. The second kappa shape index (κ2) is 6.60. The number of esters is 1. The average Bonchev–Trinajstić information content (AvgIpc) is 2.86. The highest BCUT2D eigenvalue weighted by Crippen LogP contribution is 2.18. The number of carbonyl (C=O) groups is 1. The van der Waals surface area contributed by atoms with Gasteiger partial charge in [-0.25, -0.2) is 9.48 Å². The number of tetrazole rings is 1. The minimum atomic E-state index is -0.454. The minimum absolute atomic E-state index is 0.195. The zero-order chi connectivity index (χ0) is 13.7. The normalized spacial score (nSPS) is 20.4. The molecule has 2 rings (SSSR count). The molecule has 1 atom stereocenters. The van der Waals surface area contributed by atoms with E-state index < -0.39 is 5.97 Å². The Bertz CT molecular complexity index is 420. The Hall–Kier alpha value is -1.50. The molecule has 0 amide bonds. The van der Waals surface area contributed by atoms with Crippen molar-refractivity contribution in [3.8, 4) is 0 Å². The predicted molar refractivity (Wildman–Crippen MR) is 68.7 cm³/mol. The van der Waals surface area contributed by atoms with Crippen LogP contribution in [0, 0.1) is 0 Å². The number of aromatic nitrogens is 4. The minimum Gasteiger partial charge on any atom is -0.460 e. The van der Waals surface area contributed by atoms with E-state index in [2.05, 4.69) is 27.5 Å². The van der Waals surface area contributed by atoms with Crippen LogP contribution in [-0.4, -0.2) is 57.3 Å². The molecular formula is C12H21N5O2. The fourth-order valence-electron chi connectivity index (χ4n) is 2.48. The number of aryl methyl sites for hydroxylation is 1. The maximum atomic E-state index is 11.6. The number of piperidine rings is 1. The Morgan fingerprint density at radius 3 is 3.05 bits per heavy atom. The second-order valence-corrected chi connectivity index (χ2v) is 4.86. The predicted octanol–water partition coefficient (Wildman–Crippen LogP) is 0.724. The molecule has 1 aliphatic rings. The van der Waals surface area contributed by atoms with E-state index >= 15 is 0 Å². The molecule has 19 heavy (non-hydrogen) atoms. The van der Waals surface area contributed by atoms with Crippen molar-refractivity contribution < 1.29 is 9.53 Å². The summed E-state index contributed by atoms with van der Waals surface area (Å²) in [5.74, 6) is -0.259. The zero-order valence-corrected chi connectivity index (χ0v) is 11.6. The van der Waals surface area contributed by atoms with Crippen LogP contribution in [0.3, 0.4) is 0 Å². The van der Waals surface area contributed by atoms with Gasteiger partial charge in [0.2, 0.25) is 0 Å². The highest BCUT2D eigenvalue weighted by molar-refractivity contribution is 5.85. The van der Waals surface area contributed by atoms with Crippen LogP contribution in [0.5, 0.6) is 0 Å². The molecule has 0 aromatic carbocycles. The van der Waals surface area contributed by atoms with E-state index in [0.29, 0.717) is 19.2 Å². The topological polar surface area (TPSA) is 73.1 Å². The van der Waals surface area contributed by atoms with Gasteiger partial charge in [-0.3, -0.25) is 0 Å². The van der Waals surface area contributed by atoms with Gasteiger partial charge in [-0.2, -0.15) is 0 Å². The van der Waals surface area contributed by atoms with Crippen LogP contribution in [-0.2, 0) is 11.3 Å². The Morgan fingerprint density at radius 2 is 2.32 bits per heavy atom. The first-order valence-corrected chi connectivity index (χ1v) is 6.86. The lowest BCUT2D eigenvalue weighted by atomic mass is 10.0. The monoisotopic (exact) mass is 267 g/mol. The van der Waals surface area contributed by atoms with Crippen molar-refractivity contribution in [2.75, 3.05) is 20.2 Å². The van der Waals surface area contributed by atoms with Crippen LogP contribution in [0.2, 0.25) is 0 Å². The summed E-state index contributed by atoms with van der Waals surface area (Å²) in [6.45, 7) is 3.89. The van der Waals surface area contributed by atoms with E-state index in [9.17, 15) is 4.79 Å². The molecule has 1 aromatic heterocycles. The zero-order valence-electron chi connectivity index (χ0n) is 11.6. The number of hydrogen-bond donors (Lipinski definition) is 0. The van der Waals surface area contributed by atoms with Gasteiger partial charge in [0.1, 0.15) is 0 Å². The first-order valence-electron chi connectivity index (χ1n) is 6.86. The van der Waals surface area contributed by atoms with E-state index in [1.165, 1.54) is 19.3 Å². The lowest BCUT2D eigenvalue weighted by Gasteiger charge is -2.32. The standard InChI is InChI=1S/C12H21N5O2/c1-3-19-12(18)11-13-14-15-17(11)9-7-10-6-4-5-8-16(10)2/h10H,3-9H2,1-2H3. The summed E-state index contributed by atoms with van der Waals surface area (Å²) >= 11 is 0. The first-order chi connectivity index (χ1) is 9.22. The summed E-state index contributed by atoms with van der Waals surface area (Å²) in [5, 5.41) is 11.2. The summed E-state index contributed by atoms with van der Waals surface area (Å²) in [5.41, 5.74) is 0. The van der Waals surface area contributed by atoms with Crippen LogP contribution >= 0.6 is 0 Å². The van der Waals surface area contributed by atoms with Crippen LogP contribution in [0.15, 0.2) is 0 Å². The molecule has 1 unspecified atom stereocenters. The third-order valence-corrected chi connectivity index (χ3v) is 3.59. The number of likely N-dealkylation sites (tertiary alicyclic amines) is 1. The van der Waals surface area contributed by atoms with Gasteiger partial charge in [-0.15, -0.1) is 5.10 Å². The summed E-state index contributed by atoms with van der Waals surface area (Å²) in [7, 11) is 2.15. The molecule has 2 heterocycles. The van der Waals surface area contributed by atoms with E-state index in [4.69, 9.17) is 4.74 Å². The van der Waals surface area contributed by atoms with Crippen molar-refractivity contribution in [1.82, 2.24) is 25.1 Å². The maximum Gasteiger partial charge on any atom is 0.378 e. The number of hydrogen-bond acceptors (Lipinski definition) is 6. The van der Waals surface area contributed by atoms with E-state index in [0.717, 1.165) is 13.0 Å². The Kier molecular flexibility index (Phi) is 4.84. The molecule has 0 saturated carbocycles. The molecule has 7 nitrogen and oxygen atoms in total. The van der Waals surface area contributed by atoms with Crippen molar-refractivity contribution in [2.45, 2.75) is 45.2 Å². The van der Waals surface area contributed by atoms with Crippen molar-refractivity contribution in [2.24, 2.45) is 0 Å². The van der Waals surface area contributed by atoms with Gasteiger partial charge in [0.25, 0.3) is 5.82 Å². The number of nitrogens with zero attached hydrogens (tertiary/aromatic N) is 5. The van der Waals surface area contributed by atoms with E-state index in [1.54, 1.807) is 11.6 Å². The molecule has 0 spiro atoms. The maximum absolute atomic E-state index is 11.6.